The summed E-state index contributed by atoms with van der Waals surface area (Å²) in [5.74, 6) is 2.07. The zero-order valence-corrected chi connectivity index (χ0v) is 17.9. The van der Waals surface area contributed by atoms with Crippen LogP contribution in [0.2, 0.25) is 0 Å². The topological polar surface area (TPSA) is 71.7 Å². The SMILES string of the molecule is Cc1ccc(-c2noc(CCCN3CCN(C(=O)COc4ccccc4)CC3)n2)cc1. The van der Waals surface area contributed by atoms with Crippen LogP contribution in [0.25, 0.3) is 11.4 Å². The second kappa shape index (κ2) is 10.2. The summed E-state index contributed by atoms with van der Waals surface area (Å²) in [6.45, 7) is 6.30. The molecule has 0 radical (unpaired) electrons. The number of hydrogen-bond donors (Lipinski definition) is 0. The van der Waals surface area contributed by atoms with Crippen molar-refractivity contribution in [3.05, 3.63) is 66.1 Å². The Kier molecular flexibility index (Phi) is 6.94. The van der Waals surface area contributed by atoms with E-state index in [9.17, 15) is 4.79 Å². The second-order valence-electron chi connectivity index (χ2n) is 7.81. The fraction of sp³-hybridized carbons (Fsp3) is 0.375. The molecule has 0 spiro atoms. The zero-order valence-electron chi connectivity index (χ0n) is 17.9. The summed E-state index contributed by atoms with van der Waals surface area (Å²) in [5, 5.41) is 4.09. The molecule has 7 heteroatoms. The smallest absolute Gasteiger partial charge is 0.260 e. The van der Waals surface area contributed by atoms with Gasteiger partial charge in [0.25, 0.3) is 5.91 Å². The Balaban J connectivity index is 1.15. The summed E-state index contributed by atoms with van der Waals surface area (Å²) < 4.78 is 11.0. The average Bonchev–Trinajstić information content (AvgIpc) is 3.28. The number of piperazine rings is 1. The summed E-state index contributed by atoms with van der Waals surface area (Å²) >= 11 is 0. The van der Waals surface area contributed by atoms with Gasteiger partial charge >= 0.3 is 0 Å². The van der Waals surface area contributed by atoms with Crippen molar-refractivity contribution in [1.29, 1.82) is 0 Å². The number of carbonyl (C=O) groups is 1. The van der Waals surface area contributed by atoms with Crippen LogP contribution in [-0.2, 0) is 11.2 Å². The molecule has 1 aromatic heterocycles. The molecule has 0 aliphatic carbocycles. The normalized spacial score (nSPS) is 14.5. The molecule has 3 aromatic rings. The van der Waals surface area contributed by atoms with E-state index in [4.69, 9.17) is 9.26 Å². The maximum atomic E-state index is 12.4. The molecule has 0 bridgehead atoms. The largest absolute Gasteiger partial charge is 0.484 e. The zero-order chi connectivity index (χ0) is 21.5. The first kappa shape index (κ1) is 21.1. The van der Waals surface area contributed by atoms with Gasteiger partial charge in [0.1, 0.15) is 5.75 Å². The molecule has 1 saturated heterocycles. The van der Waals surface area contributed by atoms with Crippen molar-refractivity contribution in [2.75, 3.05) is 39.3 Å². The van der Waals surface area contributed by atoms with Crippen LogP contribution in [0.15, 0.2) is 59.1 Å². The standard InChI is InChI=1S/C24H28N4O3/c1-19-9-11-20(12-10-19)24-25-22(31-26-24)8-5-13-27-14-16-28(17-15-27)23(29)18-30-21-6-3-2-4-7-21/h2-4,6-7,9-12H,5,8,13-18H2,1H3. The van der Waals surface area contributed by atoms with Crippen molar-refractivity contribution in [2.45, 2.75) is 19.8 Å². The highest BCUT2D eigenvalue weighted by molar-refractivity contribution is 5.77. The Bertz CT molecular complexity index is 964. The highest BCUT2D eigenvalue weighted by atomic mass is 16.5. The molecule has 0 N–H and O–H groups in total. The van der Waals surface area contributed by atoms with E-state index < -0.39 is 0 Å². The predicted molar refractivity (Wildman–Crippen MR) is 118 cm³/mol. The number of benzene rings is 2. The predicted octanol–water partition coefficient (Wildman–Crippen LogP) is 3.20. The number of amides is 1. The lowest BCUT2D eigenvalue weighted by Gasteiger charge is -2.34. The van der Waals surface area contributed by atoms with Crippen LogP contribution in [0, 0.1) is 6.92 Å². The minimum Gasteiger partial charge on any atom is -0.484 e. The van der Waals surface area contributed by atoms with Gasteiger partial charge in [-0.1, -0.05) is 53.2 Å². The number of para-hydroxylation sites is 1. The van der Waals surface area contributed by atoms with Crippen LogP contribution < -0.4 is 4.74 Å². The Hall–Kier alpha value is -3.19. The van der Waals surface area contributed by atoms with Crippen molar-refractivity contribution in [1.82, 2.24) is 19.9 Å². The monoisotopic (exact) mass is 420 g/mol. The maximum absolute atomic E-state index is 12.4. The van der Waals surface area contributed by atoms with Crippen LogP contribution in [-0.4, -0.2) is 65.2 Å². The van der Waals surface area contributed by atoms with Crippen molar-refractivity contribution in [3.63, 3.8) is 0 Å². The van der Waals surface area contributed by atoms with Gasteiger partial charge in [-0.3, -0.25) is 9.69 Å². The highest BCUT2D eigenvalue weighted by Crippen LogP contribution is 2.17. The third-order valence-electron chi connectivity index (χ3n) is 5.47. The molecule has 31 heavy (non-hydrogen) atoms. The number of aromatic nitrogens is 2. The number of rotatable bonds is 8. The lowest BCUT2D eigenvalue weighted by Crippen LogP contribution is -2.50. The van der Waals surface area contributed by atoms with Crippen molar-refractivity contribution in [3.8, 4) is 17.1 Å². The van der Waals surface area contributed by atoms with E-state index in [0.29, 0.717) is 11.7 Å². The van der Waals surface area contributed by atoms with E-state index in [0.717, 1.165) is 56.9 Å². The molecule has 1 fully saturated rings. The van der Waals surface area contributed by atoms with Crippen molar-refractivity contribution < 1.29 is 14.1 Å². The van der Waals surface area contributed by atoms with Crippen LogP contribution >= 0.6 is 0 Å². The molecule has 0 atom stereocenters. The molecule has 1 aliphatic heterocycles. The molecule has 7 nitrogen and oxygen atoms in total. The lowest BCUT2D eigenvalue weighted by atomic mass is 10.1. The molecule has 2 aromatic carbocycles. The number of ether oxygens (including phenoxy) is 1. The quantitative estimate of drug-likeness (QED) is 0.557. The van der Waals surface area contributed by atoms with Gasteiger partial charge in [0.15, 0.2) is 6.61 Å². The van der Waals surface area contributed by atoms with E-state index in [1.165, 1.54) is 5.56 Å². The van der Waals surface area contributed by atoms with Crippen molar-refractivity contribution >= 4 is 5.91 Å². The van der Waals surface area contributed by atoms with Crippen LogP contribution in [0.4, 0.5) is 0 Å². The van der Waals surface area contributed by atoms with E-state index in [1.807, 2.05) is 59.5 Å². The van der Waals surface area contributed by atoms with Gasteiger partial charge in [-0.05, 0) is 32.0 Å². The molecular formula is C24H28N4O3. The summed E-state index contributed by atoms with van der Waals surface area (Å²) in [4.78, 5) is 21.1. The van der Waals surface area contributed by atoms with Crippen LogP contribution in [0.3, 0.4) is 0 Å². The number of nitrogens with zero attached hydrogens (tertiary/aromatic N) is 4. The fourth-order valence-electron chi connectivity index (χ4n) is 3.60. The van der Waals surface area contributed by atoms with Gasteiger partial charge in [0, 0.05) is 38.2 Å². The third-order valence-corrected chi connectivity index (χ3v) is 5.47. The summed E-state index contributed by atoms with van der Waals surface area (Å²) in [7, 11) is 0. The van der Waals surface area contributed by atoms with Gasteiger partial charge < -0.3 is 14.2 Å². The number of hydrogen-bond acceptors (Lipinski definition) is 6. The minimum absolute atomic E-state index is 0.0398. The molecule has 2 heterocycles. The Labute approximate surface area is 182 Å². The molecule has 4 rings (SSSR count). The van der Waals surface area contributed by atoms with E-state index in [1.54, 1.807) is 0 Å². The van der Waals surface area contributed by atoms with E-state index in [-0.39, 0.29) is 12.5 Å². The van der Waals surface area contributed by atoms with Crippen LogP contribution in [0.5, 0.6) is 5.75 Å². The first-order chi connectivity index (χ1) is 15.2. The summed E-state index contributed by atoms with van der Waals surface area (Å²) in [6, 6.07) is 17.6. The summed E-state index contributed by atoms with van der Waals surface area (Å²) in [5.41, 5.74) is 2.18. The Morgan fingerprint density at radius 2 is 1.77 bits per heavy atom. The van der Waals surface area contributed by atoms with Gasteiger partial charge in [0.2, 0.25) is 11.7 Å². The van der Waals surface area contributed by atoms with E-state index in [2.05, 4.69) is 22.0 Å². The Morgan fingerprint density at radius 1 is 1.03 bits per heavy atom. The summed E-state index contributed by atoms with van der Waals surface area (Å²) in [6.07, 6.45) is 1.70. The molecule has 1 amide bonds. The lowest BCUT2D eigenvalue weighted by molar-refractivity contribution is -0.135. The molecule has 1 aliphatic rings. The number of aryl methyl sites for hydroxylation is 2. The number of carbonyl (C=O) groups excluding carboxylic acids is 1. The van der Waals surface area contributed by atoms with Crippen molar-refractivity contribution in [2.24, 2.45) is 0 Å². The highest BCUT2D eigenvalue weighted by Gasteiger charge is 2.21. The maximum Gasteiger partial charge on any atom is 0.260 e. The van der Waals surface area contributed by atoms with Gasteiger partial charge in [-0.15, -0.1) is 0 Å². The minimum atomic E-state index is 0.0398. The Morgan fingerprint density at radius 3 is 2.52 bits per heavy atom. The molecule has 0 unspecified atom stereocenters. The van der Waals surface area contributed by atoms with Gasteiger partial charge in [-0.2, -0.15) is 4.98 Å². The van der Waals surface area contributed by atoms with Gasteiger partial charge in [-0.25, -0.2) is 0 Å². The first-order valence-corrected chi connectivity index (χ1v) is 10.7. The molecule has 162 valence electrons. The van der Waals surface area contributed by atoms with E-state index >= 15 is 0 Å². The second-order valence-corrected chi connectivity index (χ2v) is 7.81. The fourth-order valence-corrected chi connectivity index (χ4v) is 3.60. The van der Waals surface area contributed by atoms with Crippen LogP contribution in [0.1, 0.15) is 17.9 Å². The van der Waals surface area contributed by atoms with Gasteiger partial charge in [0.05, 0.1) is 0 Å². The molecular weight excluding hydrogens is 392 g/mol. The third kappa shape index (κ3) is 5.92. The average molecular weight is 421 g/mol. The molecule has 0 saturated carbocycles. The first-order valence-electron chi connectivity index (χ1n) is 10.7.